The van der Waals surface area contributed by atoms with Crippen LogP contribution >= 0.6 is 35.8 Å². The van der Waals surface area contributed by atoms with E-state index in [1.165, 1.54) is 0 Å². The number of hydrogen-bond donors (Lipinski definition) is 1. The van der Waals surface area contributed by atoms with Crippen molar-refractivity contribution in [3.8, 4) is 0 Å². The summed E-state index contributed by atoms with van der Waals surface area (Å²) in [7, 11) is 0. The van der Waals surface area contributed by atoms with Gasteiger partial charge in [-0.2, -0.15) is 0 Å². The van der Waals surface area contributed by atoms with Gasteiger partial charge in [-0.15, -0.1) is 12.6 Å². The lowest BCUT2D eigenvalue weighted by molar-refractivity contribution is 1.53. The molecule has 0 saturated carbocycles. The van der Waals surface area contributed by atoms with Crippen molar-refractivity contribution in [3.05, 3.63) is 38.7 Å². The molecule has 0 aliphatic heterocycles. The smallest absolute Gasteiger partial charge is 0.0598 e. The van der Waals surface area contributed by atoms with Crippen LogP contribution in [0.15, 0.2) is 23.1 Å². The van der Waals surface area contributed by atoms with Crippen LogP contribution in [0, 0.1) is 0 Å². The summed E-state index contributed by atoms with van der Waals surface area (Å²) in [6.45, 7) is 3.95. The highest BCUT2D eigenvalue weighted by atomic mass is 35.5. The molecule has 0 saturated heterocycles. The molecule has 0 aliphatic carbocycles. The third kappa shape index (κ3) is 2.67. The maximum atomic E-state index is 5.88. The van der Waals surface area contributed by atoms with Crippen LogP contribution in [-0.4, -0.2) is 0 Å². The van der Waals surface area contributed by atoms with E-state index in [0.29, 0.717) is 10.0 Å². The van der Waals surface area contributed by atoms with E-state index >= 15 is 0 Å². The van der Waals surface area contributed by atoms with Gasteiger partial charge in [0.2, 0.25) is 0 Å². The molecule has 0 heterocycles. The van der Waals surface area contributed by atoms with Gasteiger partial charge in [0.15, 0.2) is 0 Å². The van der Waals surface area contributed by atoms with Crippen LogP contribution in [0.1, 0.15) is 19.4 Å². The molecule has 70 valence electrons. The first kappa shape index (κ1) is 11.0. The quantitative estimate of drug-likeness (QED) is 0.669. The molecule has 0 aliphatic rings. The van der Waals surface area contributed by atoms with Gasteiger partial charge in [0.05, 0.1) is 10.0 Å². The summed E-state index contributed by atoms with van der Waals surface area (Å²) in [4.78, 5) is 0.985. The monoisotopic (exact) mass is 232 g/mol. The molecule has 0 unspecified atom stereocenters. The van der Waals surface area contributed by atoms with E-state index < -0.39 is 0 Å². The van der Waals surface area contributed by atoms with Gasteiger partial charge in [-0.3, -0.25) is 0 Å². The van der Waals surface area contributed by atoms with Crippen molar-refractivity contribution in [2.45, 2.75) is 13.8 Å². The molecule has 0 aromatic heterocycles. The van der Waals surface area contributed by atoms with Crippen molar-refractivity contribution in [2.24, 2.45) is 0 Å². The number of rotatable bonds is 1. The topological polar surface area (TPSA) is 0 Å². The number of benzene rings is 1. The summed E-state index contributed by atoms with van der Waals surface area (Å²) in [6, 6.07) is 5.57. The van der Waals surface area contributed by atoms with E-state index in [2.05, 4.69) is 12.6 Å². The Morgan fingerprint density at radius 2 is 1.77 bits per heavy atom. The molecule has 0 bridgehead atoms. The van der Waals surface area contributed by atoms with Gasteiger partial charge in [0.1, 0.15) is 0 Å². The number of thiol groups is 1. The maximum Gasteiger partial charge on any atom is 0.0598 e. The summed E-state index contributed by atoms with van der Waals surface area (Å²) in [6.07, 6.45) is 0. The molecule has 0 amide bonds. The van der Waals surface area contributed by atoms with Gasteiger partial charge in [0.25, 0.3) is 0 Å². The number of hydrogen-bond acceptors (Lipinski definition) is 1. The van der Waals surface area contributed by atoms with Crippen LogP contribution < -0.4 is 0 Å². The lowest BCUT2D eigenvalue weighted by Gasteiger charge is -2.04. The predicted octanol–water partition coefficient (Wildman–Crippen LogP) is 4.67. The summed E-state index contributed by atoms with van der Waals surface area (Å²) in [5.41, 5.74) is 2.17. The van der Waals surface area contributed by atoms with Gasteiger partial charge < -0.3 is 0 Å². The van der Waals surface area contributed by atoms with E-state index in [9.17, 15) is 0 Å². The van der Waals surface area contributed by atoms with Crippen molar-refractivity contribution in [3.63, 3.8) is 0 Å². The SMILES string of the molecule is C/C(S)=C(/C)c1ccc(Cl)c(Cl)c1. The molecule has 0 atom stereocenters. The van der Waals surface area contributed by atoms with Crippen LogP contribution in [0.4, 0.5) is 0 Å². The molecule has 1 rings (SSSR count). The van der Waals surface area contributed by atoms with E-state index in [1.807, 2.05) is 26.0 Å². The molecule has 0 spiro atoms. The molecule has 0 N–H and O–H groups in total. The van der Waals surface area contributed by atoms with Crippen molar-refractivity contribution < 1.29 is 0 Å². The minimum Gasteiger partial charge on any atom is -0.148 e. The zero-order chi connectivity index (χ0) is 10.0. The Labute approximate surface area is 94.0 Å². The molecule has 13 heavy (non-hydrogen) atoms. The van der Waals surface area contributed by atoms with Gasteiger partial charge in [-0.1, -0.05) is 29.3 Å². The van der Waals surface area contributed by atoms with Crippen molar-refractivity contribution in [1.82, 2.24) is 0 Å². The van der Waals surface area contributed by atoms with Gasteiger partial charge in [0, 0.05) is 0 Å². The second kappa shape index (κ2) is 4.41. The highest BCUT2D eigenvalue weighted by Gasteiger charge is 2.01. The van der Waals surface area contributed by atoms with E-state index in [1.54, 1.807) is 6.07 Å². The molecule has 0 nitrogen and oxygen atoms in total. The zero-order valence-electron chi connectivity index (χ0n) is 7.44. The Hall–Kier alpha value is -0.110. The fourth-order valence-corrected chi connectivity index (χ4v) is 1.37. The van der Waals surface area contributed by atoms with Crippen LogP contribution in [0.3, 0.4) is 0 Å². The van der Waals surface area contributed by atoms with Gasteiger partial charge >= 0.3 is 0 Å². The van der Waals surface area contributed by atoms with Crippen LogP contribution in [0.5, 0.6) is 0 Å². The third-order valence-corrected chi connectivity index (χ3v) is 2.97. The van der Waals surface area contributed by atoms with Gasteiger partial charge in [-0.25, -0.2) is 0 Å². The minimum absolute atomic E-state index is 0.577. The summed E-state index contributed by atoms with van der Waals surface area (Å²) in [5, 5.41) is 1.16. The summed E-state index contributed by atoms with van der Waals surface area (Å²) in [5.74, 6) is 0. The highest BCUT2D eigenvalue weighted by Crippen LogP contribution is 2.27. The van der Waals surface area contributed by atoms with Crippen LogP contribution in [0.2, 0.25) is 10.0 Å². The summed E-state index contributed by atoms with van der Waals surface area (Å²) >= 11 is 15.9. The van der Waals surface area contributed by atoms with Crippen molar-refractivity contribution in [2.75, 3.05) is 0 Å². The Morgan fingerprint density at radius 3 is 2.23 bits per heavy atom. The minimum atomic E-state index is 0.577. The molecule has 3 heteroatoms. The average Bonchev–Trinajstić information content (AvgIpc) is 2.08. The van der Waals surface area contributed by atoms with Crippen molar-refractivity contribution in [1.29, 1.82) is 0 Å². The van der Waals surface area contributed by atoms with E-state index in [-0.39, 0.29) is 0 Å². The summed E-state index contributed by atoms with van der Waals surface area (Å²) < 4.78 is 0. The average molecular weight is 233 g/mol. The van der Waals surface area contributed by atoms with Crippen LogP contribution in [-0.2, 0) is 0 Å². The fourth-order valence-electron chi connectivity index (χ4n) is 0.938. The molecular weight excluding hydrogens is 223 g/mol. The molecule has 0 fully saturated rings. The fraction of sp³-hybridized carbons (Fsp3) is 0.200. The molecule has 1 aromatic rings. The second-order valence-corrected chi connectivity index (χ2v) is 4.32. The highest BCUT2D eigenvalue weighted by molar-refractivity contribution is 7.84. The lowest BCUT2D eigenvalue weighted by Crippen LogP contribution is -1.81. The standard InChI is InChI=1S/C10H10Cl2S/c1-6(7(2)13)8-3-4-9(11)10(12)5-8/h3-5,13H,1-2H3/b7-6+. The van der Waals surface area contributed by atoms with Crippen LogP contribution in [0.25, 0.3) is 5.57 Å². The Morgan fingerprint density at radius 1 is 1.15 bits per heavy atom. The molecule has 1 aromatic carbocycles. The molecular formula is C10H10Cl2S. The number of allylic oxidation sites excluding steroid dienone is 2. The van der Waals surface area contributed by atoms with Gasteiger partial charge in [-0.05, 0) is 42.0 Å². The Bertz CT molecular complexity index is 352. The second-order valence-electron chi connectivity index (χ2n) is 2.84. The van der Waals surface area contributed by atoms with E-state index in [4.69, 9.17) is 23.2 Å². The molecule has 0 radical (unpaired) electrons. The van der Waals surface area contributed by atoms with E-state index in [0.717, 1.165) is 16.0 Å². The zero-order valence-corrected chi connectivity index (χ0v) is 9.84. The maximum absolute atomic E-state index is 5.88. The Kier molecular flexibility index (Phi) is 3.72. The third-order valence-electron chi connectivity index (χ3n) is 1.90. The predicted molar refractivity (Wildman–Crippen MR) is 63.7 cm³/mol. The largest absolute Gasteiger partial charge is 0.148 e. The first-order valence-corrected chi connectivity index (χ1v) is 5.04. The van der Waals surface area contributed by atoms with Crippen molar-refractivity contribution >= 4 is 41.4 Å². The first-order valence-electron chi connectivity index (χ1n) is 3.84. The lowest BCUT2D eigenvalue weighted by atomic mass is 10.1. The number of halogens is 2. The first-order chi connectivity index (χ1) is 6.02. The normalized spacial score (nSPS) is 12.7. The Balaban J connectivity index is 3.19.